The molecule has 4 nitrogen and oxygen atoms in total. The molecule has 20 heavy (non-hydrogen) atoms. The lowest BCUT2D eigenvalue weighted by molar-refractivity contribution is 0.0534. The maximum absolute atomic E-state index is 12.4. The van der Waals surface area contributed by atoms with Crippen molar-refractivity contribution in [2.45, 2.75) is 38.2 Å². The van der Waals surface area contributed by atoms with Gasteiger partial charge in [0, 0.05) is 5.56 Å². The summed E-state index contributed by atoms with van der Waals surface area (Å²) in [6, 6.07) is 5.00. The van der Waals surface area contributed by atoms with Crippen LogP contribution in [0.15, 0.2) is 18.2 Å². The standard InChI is InChI=1S/C16H22O4/c1-19-13-9-8-12(10-14(13)20-2)16(18)15(17)11-6-4-3-5-7-11/h8-11,15,17H,3-7H2,1-2H3. The van der Waals surface area contributed by atoms with Crippen LogP contribution in [0, 0.1) is 5.92 Å². The van der Waals surface area contributed by atoms with E-state index in [0.29, 0.717) is 17.1 Å². The number of ketones is 1. The number of carbonyl (C=O) groups is 1. The number of hydrogen-bond donors (Lipinski definition) is 1. The van der Waals surface area contributed by atoms with Gasteiger partial charge in [0.25, 0.3) is 0 Å². The van der Waals surface area contributed by atoms with Crippen LogP contribution in [0.3, 0.4) is 0 Å². The van der Waals surface area contributed by atoms with E-state index in [0.717, 1.165) is 25.7 Å². The molecule has 1 N–H and O–H groups in total. The first-order chi connectivity index (χ1) is 9.67. The van der Waals surface area contributed by atoms with Gasteiger partial charge in [-0.2, -0.15) is 0 Å². The van der Waals surface area contributed by atoms with Crippen molar-refractivity contribution < 1.29 is 19.4 Å². The topological polar surface area (TPSA) is 55.8 Å². The molecule has 1 aliphatic rings. The fraction of sp³-hybridized carbons (Fsp3) is 0.562. The highest BCUT2D eigenvalue weighted by molar-refractivity contribution is 6.00. The van der Waals surface area contributed by atoms with E-state index in [-0.39, 0.29) is 11.7 Å². The molecule has 0 aromatic heterocycles. The Morgan fingerprint density at radius 1 is 1.15 bits per heavy atom. The Morgan fingerprint density at radius 2 is 1.80 bits per heavy atom. The lowest BCUT2D eigenvalue weighted by Gasteiger charge is -2.25. The number of Topliss-reactive ketones (excluding diaryl/α,β-unsaturated/α-hetero) is 1. The Morgan fingerprint density at radius 3 is 2.40 bits per heavy atom. The van der Waals surface area contributed by atoms with Crippen LogP contribution in [0.1, 0.15) is 42.5 Å². The number of ether oxygens (including phenoxy) is 2. The molecule has 1 atom stereocenters. The zero-order valence-corrected chi connectivity index (χ0v) is 12.1. The fourth-order valence-corrected chi connectivity index (χ4v) is 2.82. The van der Waals surface area contributed by atoms with Gasteiger partial charge < -0.3 is 14.6 Å². The molecule has 1 aromatic carbocycles. The number of benzene rings is 1. The van der Waals surface area contributed by atoms with Crippen LogP contribution < -0.4 is 9.47 Å². The van der Waals surface area contributed by atoms with E-state index in [2.05, 4.69) is 0 Å². The second kappa shape index (κ2) is 6.75. The minimum absolute atomic E-state index is 0.0874. The van der Waals surface area contributed by atoms with Gasteiger partial charge in [-0.3, -0.25) is 4.79 Å². The molecule has 0 amide bonds. The molecule has 0 saturated heterocycles. The number of rotatable bonds is 5. The van der Waals surface area contributed by atoms with Crippen LogP contribution in [0.5, 0.6) is 11.5 Å². The zero-order valence-electron chi connectivity index (χ0n) is 12.1. The molecular weight excluding hydrogens is 256 g/mol. The molecule has 110 valence electrons. The molecule has 1 aliphatic carbocycles. The van der Waals surface area contributed by atoms with E-state index >= 15 is 0 Å². The smallest absolute Gasteiger partial charge is 0.191 e. The third kappa shape index (κ3) is 3.12. The van der Waals surface area contributed by atoms with E-state index in [1.54, 1.807) is 25.3 Å². The van der Waals surface area contributed by atoms with Crippen LogP contribution in [-0.2, 0) is 0 Å². The van der Waals surface area contributed by atoms with Crippen molar-refractivity contribution in [3.05, 3.63) is 23.8 Å². The minimum Gasteiger partial charge on any atom is -0.493 e. The Hall–Kier alpha value is -1.55. The lowest BCUT2D eigenvalue weighted by atomic mass is 9.82. The fourth-order valence-electron chi connectivity index (χ4n) is 2.82. The Balaban J connectivity index is 2.15. The number of aliphatic hydroxyl groups is 1. The van der Waals surface area contributed by atoms with Crippen molar-refractivity contribution in [1.82, 2.24) is 0 Å². The van der Waals surface area contributed by atoms with Gasteiger partial charge in [-0.05, 0) is 37.0 Å². The van der Waals surface area contributed by atoms with Crippen LogP contribution in [0.2, 0.25) is 0 Å². The molecule has 0 bridgehead atoms. The monoisotopic (exact) mass is 278 g/mol. The lowest BCUT2D eigenvalue weighted by Crippen LogP contribution is -2.31. The van der Waals surface area contributed by atoms with E-state index in [1.807, 2.05) is 0 Å². The molecule has 4 heteroatoms. The van der Waals surface area contributed by atoms with E-state index in [9.17, 15) is 9.90 Å². The zero-order chi connectivity index (χ0) is 14.5. The van der Waals surface area contributed by atoms with Crippen molar-refractivity contribution in [3.8, 4) is 11.5 Å². The van der Waals surface area contributed by atoms with Crippen molar-refractivity contribution in [1.29, 1.82) is 0 Å². The minimum atomic E-state index is -0.909. The van der Waals surface area contributed by atoms with E-state index in [1.165, 1.54) is 13.5 Å². The summed E-state index contributed by atoms with van der Waals surface area (Å²) < 4.78 is 10.3. The molecule has 0 heterocycles. The largest absolute Gasteiger partial charge is 0.493 e. The summed E-state index contributed by atoms with van der Waals surface area (Å²) in [7, 11) is 3.08. The molecule has 0 radical (unpaired) electrons. The summed E-state index contributed by atoms with van der Waals surface area (Å²) in [5, 5.41) is 10.3. The van der Waals surface area contributed by atoms with Crippen molar-refractivity contribution in [2.24, 2.45) is 5.92 Å². The normalized spacial score (nSPS) is 17.6. The van der Waals surface area contributed by atoms with Crippen LogP contribution in [-0.4, -0.2) is 31.2 Å². The van der Waals surface area contributed by atoms with Crippen molar-refractivity contribution >= 4 is 5.78 Å². The van der Waals surface area contributed by atoms with Crippen LogP contribution in [0.4, 0.5) is 0 Å². The Bertz CT molecular complexity index is 464. The average Bonchev–Trinajstić information content (AvgIpc) is 2.53. The quantitative estimate of drug-likeness (QED) is 0.841. The molecular formula is C16H22O4. The maximum atomic E-state index is 12.4. The Labute approximate surface area is 119 Å². The third-order valence-electron chi connectivity index (χ3n) is 4.03. The van der Waals surface area contributed by atoms with Gasteiger partial charge in [-0.25, -0.2) is 0 Å². The number of carbonyl (C=O) groups excluding carboxylic acids is 1. The van der Waals surface area contributed by atoms with Gasteiger partial charge in [-0.1, -0.05) is 19.3 Å². The van der Waals surface area contributed by atoms with Gasteiger partial charge in [-0.15, -0.1) is 0 Å². The highest BCUT2D eigenvalue weighted by atomic mass is 16.5. The Kier molecular flexibility index (Phi) is 5.01. The summed E-state index contributed by atoms with van der Waals surface area (Å²) in [5.74, 6) is 0.951. The SMILES string of the molecule is COc1ccc(C(=O)C(O)C2CCCCC2)cc1OC. The first kappa shape index (κ1) is 14.9. The summed E-state index contributed by atoms with van der Waals surface area (Å²) >= 11 is 0. The van der Waals surface area contributed by atoms with E-state index in [4.69, 9.17) is 9.47 Å². The van der Waals surface area contributed by atoms with Gasteiger partial charge in [0.2, 0.25) is 0 Å². The van der Waals surface area contributed by atoms with Gasteiger partial charge in [0.15, 0.2) is 17.3 Å². The van der Waals surface area contributed by atoms with Crippen LogP contribution >= 0.6 is 0 Å². The second-order valence-corrected chi connectivity index (χ2v) is 5.28. The molecule has 1 aromatic rings. The summed E-state index contributed by atoms with van der Waals surface area (Å²) in [4.78, 5) is 12.4. The number of methoxy groups -OCH3 is 2. The van der Waals surface area contributed by atoms with Crippen molar-refractivity contribution in [2.75, 3.05) is 14.2 Å². The first-order valence-electron chi connectivity index (χ1n) is 7.11. The summed E-state index contributed by atoms with van der Waals surface area (Å²) in [6.07, 6.45) is 4.35. The number of aliphatic hydroxyl groups excluding tert-OH is 1. The molecule has 2 rings (SSSR count). The molecule has 1 fully saturated rings. The highest BCUT2D eigenvalue weighted by Gasteiger charge is 2.28. The highest BCUT2D eigenvalue weighted by Crippen LogP contribution is 2.31. The summed E-state index contributed by atoms with van der Waals surface area (Å²) in [6.45, 7) is 0. The first-order valence-corrected chi connectivity index (χ1v) is 7.11. The predicted molar refractivity (Wildman–Crippen MR) is 76.5 cm³/mol. The van der Waals surface area contributed by atoms with Crippen molar-refractivity contribution in [3.63, 3.8) is 0 Å². The molecule has 0 spiro atoms. The number of hydrogen-bond acceptors (Lipinski definition) is 4. The van der Waals surface area contributed by atoms with Crippen LogP contribution in [0.25, 0.3) is 0 Å². The van der Waals surface area contributed by atoms with Gasteiger partial charge >= 0.3 is 0 Å². The molecule has 1 unspecified atom stereocenters. The van der Waals surface area contributed by atoms with Gasteiger partial charge in [0.05, 0.1) is 14.2 Å². The second-order valence-electron chi connectivity index (χ2n) is 5.28. The predicted octanol–water partition coefficient (Wildman–Crippen LogP) is 2.83. The summed E-state index contributed by atoms with van der Waals surface area (Å²) in [5.41, 5.74) is 0.473. The molecule has 0 aliphatic heterocycles. The average molecular weight is 278 g/mol. The maximum Gasteiger partial charge on any atom is 0.191 e. The molecule has 1 saturated carbocycles. The third-order valence-corrected chi connectivity index (χ3v) is 4.03. The van der Waals surface area contributed by atoms with Gasteiger partial charge in [0.1, 0.15) is 6.10 Å². The van der Waals surface area contributed by atoms with E-state index < -0.39 is 6.10 Å².